The molecule has 0 aliphatic rings. The molecule has 4 heterocycles. The Bertz CT molecular complexity index is 5900. The summed E-state index contributed by atoms with van der Waals surface area (Å²) in [6.07, 6.45) is 0. The summed E-state index contributed by atoms with van der Waals surface area (Å²) in [7, 11) is 0. The van der Waals surface area contributed by atoms with Crippen molar-refractivity contribution in [1.29, 1.82) is 0 Å². The second-order valence-corrected chi connectivity index (χ2v) is 16.1. The van der Waals surface area contributed by atoms with Crippen LogP contribution >= 0.6 is 0 Å². The normalized spacial score (nSPS) is 18.1. The number of para-hydroxylation sites is 8. The van der Waals surface area contributed by atoms with Crippen molar-refractivity contribution >= 4 is 87.2 Å². The van der Waals surface area contributed by atoms with Crippen molar-refractivity contribution in [2.24, 2.45) is 0 Å². The third-order valence-electron chi connectivity index (χ3n) is 12.3. The van der Waals surface area contributed by atoms with E-state index in [1.807, 2.05) is 0 Å². The van der Waals surface area contributed by atoms with Gasteiger partial charge in [0.1, 0.15) is 11.5 Å². The number of benzene rings is 11. The molecule has 11 aromatic carbocycles. The molecule has 4 aromatic heterocycles. The molecule has 0 radical (unpaired) electrons. The van der Waals surface area contributed by atoms with Crippen molar-refractivity contribution in [3.05, 3.63) is 254 Å². The van der Waals surface area contributed by atoms with Gasteiger partial charge >= 0.3 is 0 Å². The smallest absolute Gasteiger partial charge is 0.155 e. The first kappa shape index (κ1) is 19.9. The molecule has 15 rings (SSSR count). The molecule has 6 heteroatoms. The fraction of sp³-hybridized carbons (Fsp3) is 0. The van der Waals surface area contributed by atoms with Crippen LogP contribution in [0, 0.1) is 0 Å². The maximum Gasteiger partial charge on any atom is 0.155 e. The summed E-state index contributed by atoms with van der Waals surface area (Å²) in [5.74, 6) is -1.65. The Labute approximate surface area is 458 Å². The largest absolute Gasteiger partial charge is 0.455 e. The molecule has 15 aromatic rings. The van der Waals surface area contributed by atoms with E-state index < -0.39 is 260 Å². The van der Waals surface area contributed by atoms with Crippen LogP contribution in [0.2, 0.25) is 0 Å². The molecule has 0 aliphatic heterocycles. The van der Waals surface area contributed by atoms with Crippen LogP contribution in [0.3, 0.4) is 0 Å². The Kier molecular flexibility index (Phi) is 4.39. The first-order chi connectivity index (χ1) is 49.0. The highest BCUT2D eigenvalue weighted by atomic mass is 16.5. The van der Waals surface area contributed by atoms with E-state index in [2.05, 4.69) is 0 Å². The standard InChI is InChI=1S/C66H42N4O2/c1-9-31-55-47(23-1)48-24-2-10-32-56(48)67(55)43-19-17-21-45(39-43)71-65-42-66(72-46-22-18-20-44(40-46)68-57-33-11-3-25-49(57)50-26-4-12-34-58(50)68)64(70-61-37-15-7-29-53(61)54-30-8-16-38-62(54)70)41-63(65)69-59-35-13-5-27-51(59)52-28-6-14-36-60(52)69/h1-42H/i1D,2D,3D,4D,5D,6D,7D,8D,9D,10D,11D,12D,13D,14D,15D,16D,23D,24D,25D,26D,27D,28D,29D,30D,31D,32D,33D,34D,35D,36D,37D,38D. The molecule has 6 nitrogen and oxygen atoms in total. The van der Waals surface area contributed by atoms with Crippen molar-refractivity contribution in [2.75, 3.05) is 0 Å². The van der Waals surface area contributed by atoms with Gasteiger partial charge in [0.15, 0.2) is 11.5 Å². The Morgan fingerprint density at radius 1 is 0.264 bits per heavy atom. The Morgan fingerprint density at radius 3 is 0.792 bits per heavy atom. The number of nitrogens with zero attached hydrogens (tertiary/aromatic N) is 4. The third kappa shape index (κ3) is 6.09. The predicted molar refractivity (Wildman–Crippen MR) is 297 cm³/mol. The monoisotopic (exact) mass is 955 g/mol. The van der Waals surface area contributed by atoms with Crippen molar-refractivity contribution in [1.82, 2.24) is 18.3 Å². The van der Waals surface area contributed by atoms with Crippen molar-refractivity contribution in [3.8, 4) is 45.7 Å². The molecule has 0 fully saturated rings. The number of ether oxygens (including phenoxy) is 2. The lowest BCUT2D eigenvalue weighted by Crippen LogP contribution is -2.04. The minimum atomic E-state index is -0.886. The summed E-state index contributed by atoms with van der Waals surface area (Å²) in [6.45, 7) is 0. The fourth-order valence-electron chi connectivity index (χ4n) is 9.36. The van der Waals surface area contributed by atoms with Gasteiger partial charge < -0.3 is 27.7 Å². The van der Waals surface area contributed by atoms with Crippen LogP contribution in [-0.4, -0.2) is 18.3 Å². The molecule has 0 spiro atoms. The fourth-order valence-corrected chi connectivity index (χ4v) is 9.36. The average molecular weight is 955 g/mol. The summed E-state index contributed by atoms with van der Waals surface area (Å²) in [6, 6.07) is -11.7. The van der Waals surface area contributed by atoms with Gasteiger partial charge in [-0.1, -0.05) is 157 Å². The van der Waals surface area contributed by atoms with Crippen LogP contribution in [-0.2, 0) is 0 Å². The van der Waals surface area contributed by atoms with Crippen molar-refractivity contribution in [3.63, 3.8) is 0 Å². The quantitative estimate of drug-likeness (QED) is 0.152. The van der Waals surface area contributed by atoms with E-state index in [1.54, 1.807) is 0 Å². The van der Waals surface area contributed by atoms with Crippen LogP contribution < -0.4 is 9.47 Å². The molecule has 72 heavy (non-hydrogen) atoms. The molecule has 0 atom stereocenters. The third-order valence-corrected chi connectivity index (χ3v) is 12.3. The summed E-state index contributed by atoms with van der Waals surface area (Å²) in [5, 5.41) is -3.04. The Hall–Kier alpha value is -9.78. The number of hydrogen-bond acceptors (Lipinski definition) is 2. The summed E-state index contributed by atoms with van der Waals surface area (Å²) >= 11 is 0. The molecule has 338 valence electrons. The van der Waals surface area contributed by atoms with E-state index in [9.17, 15) is 16.4 Å². The van der Waals surface area contributed by atoms with Gasteiger partial charge in [0, 0.05) is 72.7 Å². The van der Waals surface area contributed by atoms with Crippen LogP contribution in [0.1, 0.15) is 43.9 Å². The summed E-state index contributed by atoms with van der Waals surface area (Å²) < 4.78 is 309. The average Bonchev–Trinajstić information content (AvgIpc) is 1.56. The van der Waals surface area contributed by atoms with Gasteiger partial charge in [-0.3, -0.25) is 0 Å². The second kappa shape index (κ2) is 15.9. The van der Waals surface area contributed by atoms with Gasteiger partial charge in [-0.15, -0.1) is 0 Å². The summed E-state index contributed by atoms with van der Waals surface area (Å²) in [4.78, 5) is 0. The first-order valence-electron chi connectivity index (χ1n) is 37.8. The van der Waals surface area contributed by atoms with Crippen LogP contribution in [0.5, 0.6) is 23.0 Å². The molecular formula is C66H42N4O2. The van der Waals surface area contributed by atoms with Gasteiger partial charge in [0.05, 0.1) is 99.4 Å². The zero-order valence-electron chi connectivity index (χ0n) is 68.4. The maximum absolute atomic E-state index is 9.65. The van der Waals surface area contributed by atoms with E-state index in [0.29, 0.717) is 0 Å². The highest BCUT2D eigenvalue weighted by Gasteiger charge is 2.24. The molecule has 0 unspecified atom stereocenters. The van der Waals surface area contributed by atoms with Crippen LogP contribution in [0.4, 0.5) is 0 Å². The molecule has 0 saturated carbocycles. The van der Waals surface area contributed by atoms with E-state index >= 15 is 0 Å². The van der Waals surface area contributed by atoms with Gasteiger partial charge in [-0.2, -0.15) is 0 Å². The van der Waals surface area contributed by atoms with Crippen molar-refractivity contribution in [2.45, 2.75) is 0 Å². The lowest BCUT2D eigenvalue weighted by molar-refractivity contribution is 0.458. The first-order valence-corrected chi connectivity index (χ1v) is 21.8. The molecule has 0 N–H and O–H groups in total. The van der Waals surface area contributed by atoms with Gasteiger partial charge in [0.25, 0.3) is 0 Å². The number of rotatable bonds is 8. The van der Waals surface area contributed by atoms with Gasteiger partial charge in [-0.05, 0) is 78.7 Å². The van der Waals surface area contributed by atoms with E-state index in [1.165, 1.54) is 48.5 Å². The molecule has 0 saturated heterocycles. The van der Waals surface area contributed by atoms with E-state index in [4.69, 9.17) is 36.9 Å². The number of hydrogen-bond donors (Lipinski definition) is 0. The zero-order chi connectivity index (χ0) is 75.1. The predicted octanol–water partition coefficient (Wildman–Crippen LogP) is 17.7. The van der Waals surface area contributed by atoms with E-state index in [-0.39, 0.29) is 66.5 Å². The minimum absolute atomic E-state index is 0.0857. The summed E-state index contributed by atoms with van der Waals surface area (Å²) in [5.41, 5.74) is -4.54. The highest BCUT2D eigenvalue weighted by molar-refractivity contribution is 6.12. The second-order valence-electron chi connectivity index (χ2n) is 16.1. The highest BCUT2D eigenvalue weighted by Crippen LogP contribution is 2.46. The zero-order valence-corrected chi connectivity index (χ0v) is 36.4. The van der Waals surface area contributed by atoms with Crippen LogP contribution in [0.15, 0.2) is 254 Å². The minimum Gasteiger partial charge on any atom is -0.455 e. The molecular weight excluding hydrogens is 881 g/mol. The lowest BCUT2D eigenvalue weighted by atomic mass is 10.2. The van der Waals surface area contributed by atoms with E-state index in [0.717, 1.165) is 30.4 Å². The lowest BCUT2D eigenvalue weighted by Gasteiger charge is -2.21. The molecule has 0 amide bonds. The molecule has 0 aliphatic carbocycles. The number of aromatic nitrogens is 4. The van der Waals surface area contributed by atoms with Crippen molar-refractivity contribution < 1.29 is 53.3 Å². The Balaban J connectivity index is 1.12. The number of fused-ring (bicyclic) bond motifs is 12. The maximum atomic E-state index is 9.65. The van der Waals surface area contributed by atoms with Gasteiger partial charge in [-0.25, -0.2) is 0 Å². The Morgan fingerprint density at radius 2 is 0.514 bits per heavy atom. The SMILES string of the molecule is [2H]c1c([2H])c([2H])c2c(c1[2H])c1c([2H])c([2H])c([2H])c([2H])c1n2-c1cccc(Oc2cc(Oc3cccc(-n4c5c([2H])c([2H])c([2H])c([2H])c5c5c([2H])c([2H])c([2H])c([2H])c54)c3)c(-n3c4c([2H])c([2H])c([2H])c([2H])c4c4c([2H])c([2H])c([2H])c([2H])c43)cc2-n2c3c([2H])c([2H])c([2H])c([2H])c3c3c([2H])c([2H])c([2H])c([2H])c32)c1. The van der Waals surface area contributed by atoms with Gasteiger partial charge in [0.2, 0.25) is 0 Å². The molecule has 0 bridgehead atoms. The van der Waals surface area contributed by atoms with Crippen LogP contribution in [0.25, 0.3) is 110 Å². The topological polar surface area (TPSA) is 38.2 Å².